The van der Waals surface area contributed by atoms with Gasteiger partial charge in [0.2, 0.25) is 5.91 Å². The van der Waals surface area contributed by atoms with Crippen molar-refractivity contribution in [3.05, 3.63) is 29.3 Å². The van der Waals surface area contributed by atoms with Crippen LogP contribution in [-0.2, 0) is 16.0 Å². The Morgan fingerprint density at radius 2 is 2.00 bits per heavy atom. The molecule has 0 bridgehead atoms. The van der Waals surface area contributed by atoms with Crippen molar-refractivity contribution in [2.24, 2.45) is 0 Å². The average molecular weight is 279 g/mol. The average Bonchev–Trinajstić information content (AvgIpc) is 2.38. The highest BCUT2D eigenvalue weighted by Gasteiger charge is 2.13. The summed E-state index contributed by atoms with van der Waals surface area (Å²) in [6.07, 6.45) is 0.165. The van der Waals surface area contributed by atoms with E-state index in [1.807, 2.05) is 6.92 Å². The SMILES string of the molecule is COCC(C)NC(=O)Cc1cc(C(C)=O)ccc1OC. The van der Waals surface area contributed by atoms with Crippen molar-refractivity contribution in [3.63, 3.8) is 0 Å². The van der Waals surface area contributed by atoms with Crippen LogP contribution in [0.1, 0.15) is 29.8 Å². The molecule has 0 spiro atoms. The van der Waals surface area contributed by atoms with Gasteiger partial charge in [-0.2, -0.15) is 0 Å². The van der Waals surface area contributed by atoms with Gasteiger partial charge in [-0.3, -0.25) is 9.59 Å². The Labute approximate surface area is 119 Å². The number of amides is 1. The van der Waals surface area contributed by atoms with Gasteiger partial charge in [0, 0.05) is 24.3 Å². The van der Waals surface area contributed by atoms with Crippen molar-refractivity contribution in [2.75, 3.05) is 20.8 Å². The molecule has 1 rings (SSSR count). The maximum Gasteiger partial charge on any atom is 0.224 e. The lowest BCUT2D eigenvalue weighted by Crippen LogP contribution is -2.36. The molecule has 0 saturated carbocycles. The van der Waals surface area contributed by atoms with Crippen LogP contribution in [0.25, 0.3) is 0 Å². The van der Waals surface area contributed by atoms with Crippen molar-refractivity contribution in [3.8, 4) is 5.75 Å². The minimum absolute atomic E-state index is 0.0398. The number of ether oxygens (including phenoxy) is 2. The van der Waals surface area contributed by atoms with Crippen LogP contribution in [0.4, 0.5) is 0 Å². The van der Waals surface area contributed by atoms with E-state index in [0.717, 1.165) is 0 Å². The monoisotopic (exact) mass is 279 g/mol. The maximum atomic E-state index is 11.9. The number of methoxy groups -OCH3 is 2. The third-order valence-electron chi connectivity index (χ3n) is 2.86. The molecule has 0 aliphatic carbocycles. The van der Waals surface area contributed by atoms with Gasteiger partial charge in [-0.05, 0) is 32.0 Å². The fraction of sp³-hybridized carbons (Fsp3) is 0.467. The Morgan fingerprint density at radius 1 is 1.30 bits per heavy atom. The summed E-state index contributed by atoms with van der Waals surface area (Å²) >= 11 is 0. The van der Waals surface area contributed by atoms with Crippen LogP contribution in [0.2, 0.25) is 0 Å². The number of hydrogen-bond acceptors (Lipinski definition) is 4. The lowest BCUT2D eigenvalue weighted by atomic mass is 10.0. The van der Waals surface area contributed by atoms with Gasteiger partial charge in [-0.25, -0.2) is 0 Å². The molecular weight excluding hydrogens is 258 g/mol. The first-order valence-electron chi connectivity index (χ1n) is 6.44. The van der Waals surface area contributed by atoms with E-state index in [2.05, 4.69) is 5.32 Å². The molecule has 110 valence electrons. The molecule has 0 radical (unpaired) electrons. The van der Waals surface area contributed by atoms with Crippen molar-refractivity contribution in [2.45, 2.75) is 26.3 Å². The van der Waals surface area contributed by atoms with Gasteiger partial charge in [-0.15, -0.1) is 0 Å². The number of benzene rings is 1. The number of carbonyl (C=O) groups is 2. The zero-order valence-electron chi connectivity index (χ0n) is 12.4. The molecule has 1 N–H and O–H groups in total. The second kappa shape index (κ2) is 7.65. The fourth-order valence-electron chi connectivity index (χ4n) is 1.93. The highest BCUT2D eigenvalue weighted by molar-refractivity contribution is 5.94. The van der Waals surface area contributed by atoms with Gasteiger partial charge in [0.15, 0.2) is 5.78 Å². The molecule has 5 heteroatoms. The summed E-state index contributed by atoms with van der Waals surface area (Å²) in [5.74, 6) is 0.431. The molecule has 20 heavy (non-hydrogen) atoms. The Kier molecular flexibility index (Phi) is 6.18. The molecule has 0 aromatic heterocycles. The summed E-state index contributed by atoms with van der Waals surface area (Å²) in [5.41, 5.74) is 1.26. The maximum absolute atomic E-state index is 11.9. The van der Waals surface area contributed by atoms with E-state index in [-0.39, 0.29) is 24.2 Å². The second-order valence-corrected chi connectivity index (χ2v) is 4.68. The number of ketones is 1. The van der Waals surface area contributed by atoms with Crippen LogP contribution in [0.15, 0.2) is 18.2 Å². The van der Waals surface area contributed by atoms with E-state index in [1.165, 1.54) is 14.0 Å². The molecule has 0 fully saturated rings. The topological polar surface area (TPSA) is 64.6 Å². The normalized spacial score (nSPS) is 11.8. The zero-order valence-corrected chi connectivity index (χ0v) is 12.4. The highest BCUT2D eigenvalue weighted by Crippen LogP contribution is 2.20. The summed E-state index contributed by atoms with van der Waals surface area (Å²) < 4.78 is 10.2. The first kappa shape index (κ1) is 16.2. The quantitative estimate of drug-likeness (QED) is 0.770. The van der Waals surface area contributed by atoms with Crippen LogP contribution in [0.5, 0.6) is 5.75 Å². The molecule has 5 nitrogen and oxygen atoms in total. The lowest BCUT2D eigenvalue weighted by Gasteiger charge is -2.14. The number of carbonyl (C=O) groups excluding carboxylic acids is 2. The molecular formula is C15H21NO4. The largest absolute Gasteiger partial charge is 0.496 e. The number of hydrogen-bond donors (Lipinski definition) is 1. The summed E-state index contributed by atoms with van der Waals surface area (Å²) in [6.45, 7) is 3.81. The summed E-state index contributed by atoms with van der Waals surface area (Å²) in [6, 6.07) is 5.03. The third kappa shape index (κ3) is 4.66. The lowest BCUT2D eigenvalue weighted by molar-refractivity contribution is -0.121. The summed E-state index contributed by atoms with van der Waals surface area (Å²) in [5, 5.41) is 2.82. The van der Waals surface area contributed by atoms with Crippen molar-refractivity contribution >= 4 is 11.7 Å². The van der Waals surface area contributed by atoms with Crippen molar-refractivity contribution < 1.29 is 19.1 Å². The molecule has 1 aromatic carbocycles. The fourth-order valence-corrected chi connectivity index (χ4v) is 1.93. The molecule has 0 aliphatic heterocycles. The Morgan fingerprint density at radius 3 is 2.55 bits per heavy atom. The first-order valence-corrected chi connectivity index (χ1v) is 6.44. The Balaban J connectivity index is 2.81. The molecule has 1 amide bonds. The number of rotatable bonds is 7. The van der Waals surface area contributed by atoms with E-state index >= 15 is 0 Å². The van der Waals surface area contributed by atoms with E-state index in [9.17, 15) is 9.59 Å². The molecule has 0 saturated heterocycles. The third-order valence-corrected chi connectivity index (χ3v) is 2.86. The van der Waals surface area contributed by atoms with Gasteiger partial charge in [0.05, 0.1) is 20.1 Å². The van der Waals surface area contributed by atoms with Crippen LogP contribution in [0, 0.1) is 0 Å². The summed E-state index contributed by atoms with van der Waals surface area (Å²) in [7, 11) is 3.12. The first-order chi connectivity index (χ1) is 9.47. The van der Waals surface area contributed by atoms with Gasteiger partial charge >= 0.3 is 0 Å². The van der Waals surface area contributed by atoms with E-state index in [1.54, 1.807) is 25.3 Å². The minimum Gasteiger partial charge on any atom is -0.496 e. The molecule has 1 unspecified atom stereocenters. The summed E-state index contributed by atoms with van der Waals surface area (Å²) in [4.78, 5) is 23.3. The van der Waals surface area contributed by atoms with Gasteiger partial charge in [0.1, 0.15) is 5.75 Å². The van der Waals surface area contributed by atoms with Crippen LogP contribution < -0.4 is 10.1 Å². The second-order valence-electron chi connectivity index (χ2n) is 4.68. The minimum atomic E-state index is -0.131. The van der Waals surface area contributed by atoms with E-state index in [4.69, 9.17) is 9.47 Å². The van der Waals surface area contributed by atoms with Gasteiger partial charge in [0.25, 0.3) is 0 Å². The van der Waals surface area contributed by atoms with Crippen LogP contribution in [-0.4, -0.2) is 38.6 Å². The van der Waals surface area contributed by atoms with E-state index < -0.39 is 0 Å². The highest BCUT2D eigenvalue weighted by atomic mass is 16.5. The zero-order chi connectivity index (χ0) is 15.1. The standard InChI is InChI=1S/C15H21NO4/c1-10(9-19-3)16-15(18)8-13-7-12(11(2)17)5-6-14(13)20-4/h5-7,10H,8-9H2,1-4H3,(H,16,18). The Hall–Kier alpha value is -1.88. The molecule has 0 aliphatic rings. The van der Waals surface area contributed by atoms with Crippen LogP contribution >= 0.6 is 0 Å². The smallest absolute Gasteiger partial charge is 0.224 e. The predicted molar refractivity (Wildman–Crippen MR) is 76.2 cm³/mol. The molecule has 1 atom stereocenters. The van der Waals surface area contributed by atoms with Crippen LogP contribution in [0.3, 0.4) is 0 Å². The predicted octanol–water partition coefficient (Wildman–Crippen LogP) is 1.59. The molecule has 1 aromatic rings. The van der Waals surface area contributed by atoms with Crippen molar-refractivity contribution in [1.82, 2.24) is 5.32 Å². The van der Waals surface area contributed by atoms with E-state index in [0.29, 0.717) is 23.5 Å². The number of Topliss-reactive ketones (excluding diaryl/α,β-unsaturated/α-hetero) is 1. The van der Waals surface area contributed by atoms with Gasteiger partial charge < -0.3 is 14.8 Å². The van der Waals surface area contributed by atoms with Gasteiger partial charge in [-0.1, -0.05) is 0 Å². The number of nitrogens with one attached hydrogen (secondary N) is 1. The Bertz CT molecular complexity index is 485. The molecule has 0 heterocycles. The van der Waals surface area contributed by atoms with Crippen molar-refractivity contribution in [1.29, 1.82) is 0 Å².